The van der Waals surface area contributed by atoms with Crippen LogP contribution in [0, 0.1) is 6.92 Å². The largest absolute Gasteiger partial charge is 0.507 e. The summed E-state index contributed by atoms with van der Waals surface area (Å²) in [6, 6.07) is 28.7. The van der Waals surface area contributed by atoms with Crippen molar-refractivity contribution in [1.82, 2.24) is 29.7 Å². The number of aryl methyl sites for hydroxylation is 1. The molecule has 3 aromatic carbocycles. The number of nitrogens with zero attached hydrogens (tertiary/aromatic N) is 5. The van der Waals surface area contributed by atoms with Gasteiger partial charge in [-0.05, 0) is 61.4 Å². The van der Waals surface area contributed by atoms with Gasteiger partial charge in [0.2, 0.25) is 0 Å². The van der Waals surface area contributed by atoms with Crippen LogP contribution in [0.3, 0.4) is 0 Å². The minimum absolute atomic E-state index is 0.142. The van der Waals surface area contributed by atoms with Crippen molar-refractivity contribution in [3.8, 4) is 22.8 Å². The van der Waals surface area contributed by atoms with Gasteiger partial charge in [-0.25, -0.2) is 9.48 Å². The van der Waals surface area contributed by atoms with Gasteiger partial charge in [0.25, 0.3) is 0 Å². The van der Waals surface area contributed by atoms with Crippen LogP contribution in [0.4, 0.5) is 10.6 Å². The number of carbonyl (C=O) groups is 1. The van der Waals surface area contributed by atoms with Crippen LogP contribution in [0.25, 0.3) is 22.7 Å². The lowest BCUT2D eigenvalue weighted by Crippen LogP contribution is -2.29. The monoisotopic (exact) mass is 617 g/mol. The highest BCUT2D eigenvalue weighted by Gasteiger charge is 2.24. The van der Waals surface area contributed by atoms with Gasteiger partial charge >= 0.3 is 6.03 Å². The van der Waals surface area contributed by atoms with Crippen LogP contribution in [0.1, 0.15) is 44.0 Å². The van der Waals surface area contributed by atoms with Crippen molar-refractivity contribution in [2.75, 3.05) is 5.32 Å². The van der Waals surface area contributed by atoms with E-state index in [-0.39, 0.29) is 17.2 Å². The Bertz CT molecular complexity index is 1980. The van der Waals surface area contributed by atoms with Gasteiger partial charge in [-0.2, -0.15) is 5.10 Å². The number of rotatable bonds is 9. The molecule has 6 rings (SSSR count). The molecule has 0 aliphatic carbocycles. The standard InChI is InChI=1S/C35H35N7O2S/c1-5-35(3,4)30-20-32(42(40-30)25-16-14-23(2)15-17-25)37-34(44)36-21-24-10-6-9-13-29(24)45-26-18-19-31-38-39-33(41(31)22-26)27-11-7-8-12-28(27)43/h6-20,22,43H,5,21H2,1-4H3,(H2,36,37,44). The fraction of sp³-hybridized carbons (Fsp3) is 0.200. The van der Waals surface area contributed by atoms with Gasteiger partial charge in [0, 0.05) is 34.0 Å². The van der Waals surface area contributed by atoms with Gasteiger partial charge in [-0.15, -0.1) is 10.2 Å². The molecule has 9 nitrogen and oxygen atoms in total. The molecule has 3 aromatic heterocycles. The summed E-state index contributed by atoms with van der Waals surface area (Å²) in [6.07, 6.45) is 2.87. The van der Waals surface area contributed by atoms with Crippen LogP contribution in [-0.2, 0) is 12.0 Å². The Morgan fingerprint density at radius 3 is 2.49 bits per heavy atom. The van der Waals surface area contributed by atoms with Gasteiger partial charge in [0.15, 0.2) is 11.5 Å². The number of aromatic nitrogens is 5. The summed E-state index contributed by atoms with van der Waals surface area (Å²) in [7, 11) is 0. The molecule has 0 saturated heterocycles. The summed E-state index contributed by atoms with van der Waals surface area (Å²) in [5, 5.41) is 29.9. The second kappa shape index (κ2) is 12.5. The van der Waals surface area contributed by atoms with Gasteiger partial charge in [0.1, 0.15) is 11.6 Å². The number of para-hydroxylation sites is 1. The van der Waals surface area contributed by atoms with E-state index < -0.39 is 0 Å². The van der Waals surface area contributed by atoms with Gasteiger partial charge in [-0.1, -0.05) is 80.6 Å². The van der Waals surface area contributed by atoms with E-state index in [9.17, 15) is 9.90 Å². The fourth-order valence-corrected chi connectivity index (χ4v) is 5.82. The number of benzene rings is 3. The van der Waals surface area contributed by atoms with Crippen molar-refractivity contribution < 1.29 is 9.90 Å². The maximum atomic E-state index is 13.2. The number of hydrogen-bond acceptors (Lipinski definition) is 6. The number of aromatic hydroxyl groups is 1. The highest BCUT2D eigenvalue weighted by atomic mass is 32.2. The summed E-state index contributed by atoms with van der Waals surface area (Å²) in [4.78, 5) is 15.2. The molecule has 0 aliphatic heterocycles. The maximum Gasteiger partial charge on any atom is 0.320 e. The Morgan fingerprint density at radius 1 is 0.956 bits per heavy atom. The molecule has 10 heteroatoms. The molecule has 0 aliphatic rings. The summed E-state index contributed by atoms with van der Waals surface area (Å²) < 4.78 is 3.66. The van der Waals surface area contributed by atoms with Crippen LogP contribution in [0.5, 0.6) is 5.75 Å². The van der Waals surface area contributed by atoms with E-state index in [4.69, 9.17) is 5.10 Å². The molecule has 0 atom stereocenters. The van der Waals surface area contributed by atoms with Crippen molar-refractivity contribution >= 4 is 29.3 Å². The molecule has 0 saturated carbocycles. The SMILES string of the molecule is CCC(C)(C)c1cc(NC(=O)NCc2ccccc2Sc2ccc3nnc(-c4ccccc4O)n3c2)n(-c2ccc(C)cc2)n1. The van der Waals surface area contributed by atoms with Crippen molar-refractivity contribution in [3.63, 3.8) is 0 Å². The van der Waals surface area contributed by atoms with E-state index in [2.05, 4.69) is 41.6 Å². The number of pyridine rings is 1. The molecule has 0 unspecified atom stereocenters. The molecule has 0 fully saturated rings. The molecule has 3 heterocycles. The number of fused-ring (bicyclic) bond motifs is 1. The van der Waals surface area contributed by atoms with Gasteiger partial charge in [0.05, 0.1) is 16.9 Å². The van der Waals surface area contributed by atoms with E-state index >= 15 is 0 Å². The average Bonchev–Trinajstić information content (AvgIpc) is 3.66. The van der Waals surface area contributed by atoms with E-state index in [1.165, 1.54) is 0 Å². The van der Waals surface area contributed by atoms with E-state index in [0.29, 0.717) is 29.4 Å². The number of amides is 2. The summed E-state index contributed by atoms with van der Waals surface area (Å²) in [5.41, 5.74) is 5.07. The number of carbonyl (C=O) groups excluding carboxylic acids is 1. The van der Waals surface area contributed by atoms with Crippen molar-refractivity contribution in [3.05, 3.63) is 114 Å². The van der Waals surface area contributed by atoms with Crippen LogP contribution < -0.4 is 10.6 Å². The minimum Gasteiger partial charge on any atom is -0.507 e. The molecule has 0 bridgehead atoms. The Kier molecular flexibility index (Phi) is 8.32. The molecule has 228 valence electrons. The summed E-state index contributed by atoms with van der Waals surface area (Å²) in [6.45, 7) is 8.82. The van der Waals surface area contributed by atoms with Crippen molar-refractivity contribution in [1.29, 1.82) is 0 Å². The fourth-order valence-electron chi connectivity index (χ4n) is 4.86. The number of urea groups is 1. The molecule has 2 amide bonds. The predicted molar refractivity (Wildman–Crippen MR) is 178 cm³/mol. The molecule has 3 N–H and O–H groups in total. The third-order valence-electron chi connectivity index (χ3n) is 7.97. The number of hydrogen-bond donors (Lipinski definition) is 3. The van der Waals surface area contributed by atoms with Crippen molar-refractivity contribution in [2.24, 2.45) is 0 Å². The lowest BCUT2D eigenvalue weighted by Gasteiger charge is -2.19. The van der Waals surface area contributed by atoms with Crippen LogP contribution in [-0.4, -0.2) is 35.5 Å². The molecule has 6 aromatic rings. The zero-order valence-corrected chi connectivity index (χ0v) is 26.5. The first-order valence-electron chi connectivity index (χ1n) is 14.8. The zero-order valence-electron chi connectivity index (χ0n) is 25.7. The Hall–Kier alpha value is -5.09. The van der Waals surface area contributed by atoms with Crippen LogP contribution in [0.2, 0.25) is 0 Å². The predicted octanol–water partition coefficient (Wildman–Crippen LogP) is 7.76. The van der Waals surface area contributed by atoms with E-state index in [1.54, 1.807) is 28.6 Å². The van der Waals surface area contributed by atoms with Crippen LogP contribution >= 0.6 is 11.8 Å². The first-order valence-corrected chi connectivity index (χ1v) is 15.6. The Labute approximate surface area is 266 Å². The lowest BCUT2D eigenvalue weighted by atomic mass is 9.87. The highest BCUT2D eigenvalue weighted by molar-refractivity contribution is 7.99. The Morgan fingerprint density at radius 2 is 1.71 bits per heavy atom. The summed E-state index contributed by atoms with van der Waals surface area (Å²) >= 11 is 1.58. The second-order valence-electron chi connectivity index (χ2n) is 11.6. The van der Waals surface area contributed by atoms with E-state index in [0.717, 1.165) is 38.7 Å². The van der Waals surface area contributed by atoms with Gasteiger partial charge in [-0.3, -0.25) is 9.72 Å². The topological polar surface area (TPSA) is 109 Å². The minimum atomic E-state index is -0.317. The molecule has 45 heavy (non-hydrogen) atoms. The average molecular weight is 618 g/mol. The molecule has 0 spiro atoms. The number of phenols is 1. The normalized spacial score (nSPS) is 11.6. The third kappa shape index (κ3) is 6.41. The van der Waals surface area contributed by atoms with Gasteiger partial charge < -0.3 is 10.4 Å². The molecular weight excluding hydrogens is 582 g/mol. The smallest absolute Gasteiger partial charge is 0.320 e. The quantitative estimate of drug-likeness (QED) is 0.153. The van der Waals surface area contributed by atoms with Crippen LogP contribution in [0.15, 0.2) is 107 Å². The molecule has 0 radical (unpaired) electrons. The second-order valence-corrected chi connectivity index (χ2v) is 12.7. The number of phenolic OH excluding ortho intramolecular Hbond substituents is 1. The molecular formula is C35H35N7O2S. The first kappa shape index (κ1) is 30.0. The number of anilines is 1. The van der Waals surface area contributed by atoms with E-state index in [1.807, 2.05) is 96.4 Å². The lowest BCUT2D eigenvalue weighted by molar-refractivity contribution is 0.251. The number of nitrogens with one attached hydrogen (secondary N) is 2. The Balaban J connectivity index is 1.20. The third-order valence-corrected chi connectivity index (χ3v) is 9.06. The first-order chi connectivity index (χ1) is 21.7. The van der Waals surface area contributed by atoms with Crippen molar-refractivity contribution in [2.45, 2.75) is 55.9 Å². The maximum absolute atomic E-state index is 13.2. The summed E-state index contributed by atoms with van der Waals surface area (Å²) in [5.74, 6) is 1.32. The highest BCUT2D eigenvalue weighted by Crippen LogP contribution is 2.33. The zero-order chi connectivity index (χ0) is 31.6.